The average molecular weight is 456 g/mol. The van der Waals surface area contributed by atoms with Gasteiger partial charge in [-0.3, -0.25) is 0 Å². The summed E-state index contributed by atoms with van der Waals surface area (Å²) >= 11 is 0. The van der Waals surface area contributed by atoms with Gasteiger partial charge in [0, 0.05) is 29.5 Å². The zero-order valence-electron chi connectivity index (χ0n) is 18.7. The van der Waals surface area contributed by atoms with Crippen LogP contribution in [0.5, 0.6) is 11.5 Å². The summed E-state index contributed by atoms with van der Waals surface area (Å²) in [6, 6.07) is 33.1. The van der Waals surface area contributed by atoms with E-state index in [1.54, 1.807) is 14.2 Å². The fraction of sp³-hybridized carbons (Fsp3) is 0.207. The largest absolute Gasteiger partial charge is 1.00 e. The van der Waals surface area contributed by atoms with Crippen molar-refractivity contribution in [1.82, 2.24) is 0 Å². The lowest BCUT2D eigenvalue weighted by Crippen LogP contribution is -3.00. The molecule has 3 nitrogen and oxygen atoms in total. The van der Waals surface area contributed by atoms with Gasteiger partial charge in [-0.15, -0.1) is 0 Å². The second-order valence-electron chi connectivity index (χ2n) is 8.75. The highest BCUT2D eigenvalue weighted by atomic mass is 35.5. The predicted octanol–water partition coefficient (Wildman–Crippen LogP) is 2.42. The number of rotatable bonds is 4. The smallest absolute Gasteiger partial charge is 0.190 e. The Bertz CT molecular complexity index is 1220. The SMILES string of the molecule is COc1cccc(C2(c3cccc(OC)c3)C[C@@H]3c4ccccc4[C@H]2c2cccc[n+]23)c1.[Cl-]. The van der Waals surface area contributed by atoms with E-state index in [1.165, 1.54) is 27.9 Å². The van der Waals surface area contributed by atoms with Crippen LogP contribution in [0.1, 0.15) is 46.3 Å². The quantitative estimate of drug-likeness (QED) is 0.441. The number of hydrogen-bond donors (Lipinski definition) is 0. The first kappa shape index (κ1) is 21.5. The van der Waals surface area contributed by atoms with Crippen molar-refractivity contribution in [1.29, 1.82) is 0 Å². The molecule has 0 N–H and O–H groups in total. The standard InChI is InChI=1S/C29H26NO2.ClH/c1-31-22-11-7-9-20(17-22)29(21-10-8-12-23(18-21)32-2)19-27-24-13-3-4-14-25(24)28(29)26-15-5-6-16-30(26)27;/h3-18,27-28H,19H2,1-2H3;1H/q+1;/p-1/t27-,28+;/m1./s1. The van der Waals surface area contributed by atoms with Gasteiger partial charge in [0.05, 0.1) is 20.1 Å². The number of fused-ring (bicyclic) bond motifs is 1. The third-order valence-corrected chi connectivity index (χ3v) is 7.40. The summed E-state index contributed by atoms with van der Waals surface area (Å²) in [5.74, 6) is 1.96. The van der Waals surface area contributed by atoms with Crippen LogP contribution in [-0.2, 0) is 5.41 Å². The molecule has 2 aliphatic heterocycles. The van der Waals surface area contributed by atoms with Gasteiger partial charge in [-0.25, -0.2) is 0 Å². The predicted molar refractivity (Wildman–Crippen MR) is 124 cm³/mol. The fourth-order valence-electron chi connectivity index (χ4n) is 6.07. The van der Waals surface area contributed by atoms with Crippen molar-refractivity contribution in [2.24, 2.45) is 0 Å². The molecule has 4 aromatic rings. The maximum Gasteiger partial charge on any atom is 0.190 e. The zero-order valence-corrected chi connectivity index (χ0v) is 19.5. The first-order chi connectivity index (χ1) is 15.8. The van der Waals surface area contributed by atoms with Gasteiger partial charge >= 0.3 is 0 Å². The summed E-state index contributed by atoms with van der Waals surface area (Å²) < 4.78 is 13.8. The van der Waals surface area contributed by atoms with Crippen molar-refractivity contribution in [3.8, 4) is 11.5 Å². The maximum atomic E-state index is 5.66. The minimum atomic E-state index is -0.233. The number of halogens is 1. The van der Waals surface area contributed by atoms with Gasteiger partial charge in [0.1, 0.15) is 11.5 Å². The third-order valence-electron chi connectivity index (χ3n) is 7.40. The molecule has 0 unspecified atom stereocenters. The first-order valence-electron chi connectivity index (χ1n) is 11.1. The zero-order chi connectivity index (χ0) is 21.7. The average Bonchev–Trinajstić information content (AvgIpc) is 2.88. The topological polar surface area (TPSA) is 22.3 Å². The molecule has 2 bridgehead atoms. The molecule has 0 saturated carbocycles. The van der Waals surface area contributed by atoms with Gasteiger partial charge in [-0.1, -0.05) is 54.6 Å². The van der Waals surface area contributed by atoms with Crippen molar-refractivity contribution in [3.05, 3.63) is 125 Å². The second kappa shape index (κ2) is 8.24. The Morgan fingerprint density at radius 3 is 1.97 bits per heavy atom. The highest BCUT2D eigenvalue weighted by Crippen LogP contribution is 2.59. The minimum Gasteiger partial charge on any atom is -1.00 e. The molecule has 1 aliphatic carbocycles. The van der Waals surface area contributed by atoms with E-state index in [9.17, 15) is 0 Å². The van der Waals surface area contributed by atoms with E-state index < -0.39 is 0 Å². The molecule has 4 heteroatoms. The molecule has 7 rings (SSSR count). The molecule has 2 atom stereocenters. The fourth-order valence-corrected chi connectivity index (χ4v) is 6.07. The molecule has 0 spiro atoms. The number of pyridine rings is 1. The van der Waals surface area contributed by atoms with E-state index in [0.29, 0.717) is 0 Å². The van der Waals surface area contributed by atoms with Crippen LogP contribution in [-0.4, -0.2) is 14.2 Å². The van der Waals surface area contributed by atoms with Gasteiger partial charge in [-0.2, -0.15) is 4.57 Å². The molecule has 0 radical (unpaired) electrons. The van der Waals surface area contributed by atoms with Crippen LogP contribution >= 0.6 is 0 Å². The number of aromatic nitrogens is 1. The molecule has 3 aliphatic rings. The van der Waals surface area contributed by atoms with Crippen LogP contribution in [0.25, 0.3) is 0 Å². The molecule has 3 heterocycles. The van der Waals surface area contributed by atoms with Crippen LogP contribution in [0.3, 0.4) is 0 Å². The number of nitrogens with zero attached hydrogens (tertiary/aromatic N) is 1. The Morgan fingerprint density at radius 2 is 1.33 bits per heavy atom. The lowest BCUT2D eigenvalue weighted by atomic mass is 9.53. The lowest BCUT2D eigenvalue weighted by Gasteiger charge is -2.50. The van der Waals surface area contributed by atoms with Crippen LogP contribution < -0.4 is 26.4 Å². The van der Waals surface area contributed by atoms with Gasteiger partial charge < -0.3 is 21.9 Å². The summed E-state index contributed by atoms with van der Waals surface area (Å²) in [5.41, 5.74) is 6.54. The Morgan fingerprint density at radius 1 is 0.727 bits per heavy atom. The Hall–Kier alpha value is -3.30. The van der Waals surface area contributed by atoms with E-state index >= 15 is 0 Å². The lowest BCUT2D eigenvalue weighted by molar-refractivity contribution is -0.732. The van der Waals surface area contributed by atoms with E-state index in [0.717, 1.165) is 17.9 Å². The van der Waals surface area contributed by atoms with Crippen molar-refractivity contribution in [2.75, 3.05) is 14.2 Å². The summed E-state index contributed by atoms with van der Waals surface area (Å²) in [4.78, 5) is 0. The van der Waals surface area contributed by atoms with Crippen LogP contribution in [0.2, 0.25) is 0 Å². The van der Waals surface area contributed by atoms with Crippen molar-refractivity contribution >= 4 is 0 Å². The van der Waals surface area contributed by atoms with Crippen molar-refractivity contribution in [2.45, 2.75) is 23.8 Å². The van der Waals surface area contributed by atoms with E-state index in [4.69, 9.17) is 9.47 Å². The van der Waals surface area contributed by atoms with Gasteiger partial charge in [0.2, 0.25) is 0 Å². The third kappa shape index (κ3) is 3.07. The molecule has 3 aromatic carbocycles. The van der Waals surface area contributed by atoms with Crippen LogP contribution in [0, 0.1) is 0 Å². The number of methoxy groups -OCH3 is 2. The number of hydrogen-bond acceptors (Lipinski definition) is 2. The Balaban J connectivity index is 0.00000228. The van der Waals surface area contributed by atoms with Crippen LogP contribution in [0.15, 0.2) is 97.2 Å². The van der Waals surface area contributed by atoms with Crippen molar-refractivity contribution in [3.63, 3.8) is 0 Å². The summed E-state index contributed by atoms with van der Waals surface area (Å²) in [6.45, 7) is 0. The number of ether oxygens (including phenoxy) is 2. The number of benzene rings is 3. The first-order valence-corrected chi connectivity index (χ1v) is 11.1. The monoisotopic (exact) mass is 455 g/mol. The van der Waals surface area contributed by atoms with Gasteiger partial charge in [0.25, 0.3) is 0 Å². The normalized spacial score (nSPS) is 19.1. The molecule has 0 saturated heterocycles. The van der Waals surface area contributed by atoms with Crippen LogP contribution in [0.4, 0.5) is 0 Å². The molecule has 1 aromatic heterocycles. The molecule has 0 fully saturated rings. The molecule has 0 amide bonds. The van der Waals surface area contributed by atoms with E-state index in [1.807, 2.05) is 12.1 Å². The molecule has 33 heavy (non-hydrogen) atoms. The summed E-state index contributed by atoms with van der Waals surface area (Å²) in [7, 11) is 3.48. The summed E-state index contributed by atoms with van der Waals surface area (Å²) in [5, 5.41) is 0. The second-order valence-corrected chi connectivity index (χ2v) is 8.75. The highest BCUT2D eigenvalue weighted by Gasteiger charge is 2.59. The van der Waals surface area contributed by atoms with Gasteiger partial charge in [0.15, 0.2) is 17.9 Å². The highest BCUT2D eigenvalue weighted by molar-refractivity contribution is 5.56. The van der Waals surface area contributed by atoms with Crippen molar-refractivity contribution < 1.29 is 26.4 Å². The van der Waals surface area contributed by atoms with E-state index in [-0.39, 0.29) is 29.8 Å². The molecular weight excluding hydrogens is 430 g/mol. The minimum absolute atomic E-state index is 0. The Kier molecular flexibility index (Phi) is 5.38. The summed E-state index contributed by atoms with van der Waals surface area (Å²) in [6.07, 6.45) is 3.22. The van der Waals surface area contributed by atoms with E-state index in [2.05, 4.69) is 89.6 Å². The Labute approximate surface area is 201 Å². The molecule has 166 valence electrons. The maximum absolute atomic E-state index is 5.66. The molecular formula is C29H26ClNO2. The van der Waals surface area contributed by atoms with Gasteiger partial charge in [-0.05, 0) is 41.0 Å².